The minimum Gasteiger partial charge on any atom is -0.456 e. The van der Waals surface area contributed by atoms with E-state index < -0.39 is 81.0 Å². The van der Waals surface area contributed by atoms with Crippen molar-refractivity contribution >= 4 is 39.5 Å². The number of aromatic nitrogens is 2. The molecule has 1 aliphatic rings. The Morgan fingerprint density at radius 1 is 0.973 bits per heavy atom. The van der Waals surface area contributed by atoms with Crippen LogP contribution in [0.4, 0.5) is 4.39 Å². The number of rotatable bonds is 6. The Morgan fingerprint density at radius 3 is 2.05 bits per heavy atom. The Labute approximate surface area is 213 Å². The van der Waals surface area contributed by atoms with Crippen molar-refractivity contribution in [3.05, 3.63) is 62.1 Å². The summed E-state index contributed by atoms with van der Waals surface area (Å²) in [4.78, 5) is 60.7. The van der Waals surface area contributed by atoms with E-state index in [1.54, 1.807) is 0 Å². The van der Waals surface area contributed by atoms with Gasteiger partial charge in [-0.1, -0.05) is 11.6 Å². The monoisotopic (exact) mass is 562 g/mol. The fraction of sp³-hybridized carbons (Fsp3) is 0.381. The van der Waals surface area contributed by atoms with Gasteiger partial charge in [0.15, 0.2) is 24.5 Å². The van der Waals surface area contributed by atoms with Crippen LogP contribution in [-0.2, 0) is 43.4 Å². The van der Waals surface area contributed by atoms with Gasteiger partial charge in [0.1, 0.15) is 0 Å². The topological polar surface area (TPSA) is 166 Å². The van der Waals surface area contributed by atoms with Gasteiger partial charge in [-0.05, 0) is 24.3 Å². The van der Waals surface area contributed by atoms with E-state index in [1.807, 2.05) is 0 Å². The maximum atomic E-state index is 14.7. The summed E-state index contributed by atoms with van der Waals surface area (Å²) in [6, 6.07) is 4.53. The highest BCUT2D eigenvalue weighted by molar-refractivity contribution is 7.90. The highest BCUT2D eigenvalue weighted by atomic mass is 35.5. The van der Waals surface area contributed by atoms with Gasteiger partial charge in [0.2, 0.25) is 5.82 Å². The van der Waals surface area contributed by atoms with Crippen molar-refractivity contribution in [2.24, 2.45) is 0 Å². The minimum absolute atomic E-state index is 0.0415. The van der Waals surface area contributed by atoms with Crippen molar-refractivity contribution in [1.29, 1.82) is 0 Å². The van der Waals surface area contributed by atoms with E-state index in [0.29, 0.717) is 0 Å². The lowest BCUT2D eigenvalue weighted by Crippen LogP contribution is -2.59. The zero-order valence-electron chi connectivity index (χ0n) is 19.5. The number of carbonyl (C=O) groups excluding carboxylic acids is 3. The molecule has 1 aromatic heterocycles. The molecule has 16 heteroatoms. The third-order valence-corrected chi connectivity index (χ3v) is 6.90. The molecule has 0 amide bonds. The molecule has 1 fully saturated rings. The van der Waals surface area contributed by atoms with E-state index >= 15 is 0 Å². The summed E-state index contributed by atoms with van der Waals surface area (Å²) in [6.07, 6.45) is -6.60. The van der Waals surface area contributed by atoms with Crippen molar-refractivity contribution in [2.75, 3.05) is 6.61 Å². The highest BCUT2D eigenvalue weighted by Crippen LogP contribution is 2.29. The number of nitrogens with zero attached hydrogens (tertiary/aromatic N) is 2. The zero-order valence-corrected chi connectivity index (χ0v) is 21.0. The first-order chi connectivity index (χ1) is 17.2. The molecule has 0 aliphatic carbocycles. The predicted octanol–water partition coefficient (Wildman–Crippen LogP) is 0.363. The molecule has 37 heavy (non-hydrogen) atoms. The maximum Gasteiger partial charge on any atom is 0.347 e. The SMILES string of the molecule is CC(=O)O[C@@H]1[C@@H](OC(C)=O)[C@H](OC(C)=O)CO[C@H]1n1c(=O)c(F)cn(S(=O)(=O)c2ccc(Cl)cc2)c1=O. The number of ether oxygens (including phenoxy) is 4. The molecule has 3 rings (SSSR count). The highest BCUT2D eigenvalue weighted by Gasteiger charge is 2.49. The van der Waals surface area contributed by atoms with E-state index in [-0.39, 0.29) is 19.8 Å². The Hall–Kier alpha value is -3.56. The first-order valence-electron chi connectivity index (χ1n) is 10.4. The molecule has 1 aliphatic heterocycles. The summed E-state index contributed by atoms with van der Waals surface area (Å²) < 4.78 is 61.7. The number of esters is 3. The van der Waals surface area contributed by atoms with E-state index in [0.717, 1.165) is 32.9 Å². The van der Waals surface area contributed by atoms with E-state index in [1.165, 1.54) is 12.1 Å². The van der Waals surface area contributed by atoms with Crippen LogP contribution in [0.15, 0.2) is 44.9 Å². The molecule has 0 bridgehead atoms. The average molecular weight is 563 g/mol. The second kappa shape index (κ2) is 10.8. The first-order valence-corrected chi connectivity index (χ1v) is 12.2. The van der Waals surface area contributed by atoms with E-state index in [9.17, 15) is 36.8 Å². The summed E-state index contributed by atoms with van der Waals surface area (Å²) in [5.41, 5.74) is -3.21. The molecule has 2 aromatic rings. The fourth-order valence-electron chi connectivity index (χ4n) is 3.58. The van der Waals surface area contributed by atoms with Crippen LogP contribution in [0, 0.1) is 5.82 Å². The van der Waals surface area contributed by atoms with Gasteiger partial charge in [0.05, 0.1) is 17.7 Å². The molecule has 0 spiro atoms. The number of hydrogen-bond acceptors (Lipinski definition) is 11. The molecule has 0 radical (unpaired) electrons. The van der Waals surface area contributed by atoms with Crippen molar-refractivity contribution in [1.82, 2.24) is 8.54 Å². The normalized spacial score (nSPS) is 21.6. The van der Waals surface area contributed by atoms with E-state index in [4.69, 9.17) is 30.5 Å². The van der Waals surface area contributed by atoms with E-state index in [2.05, 4.69) is 0 Å². The lowest BCUT2D eigenvalue weighted by atomic mass is 10.0. The third-order valence-electron chi connectivity index (χ3n) is 5.00. The quantitative estimate of drug-likeness (QED) is 0.352. The molecule has 200 valence electrons. The second-order valence-corrected chi connectivity index (χ2v) is 9.96. The fourth-order valence-corrected chi connectivity index (χ4v) is 4.94. The first kappa shape index (κ1) is 28.0. The smallest absolute Gasteiger partial charge is 0.347 e. The van der Waals surface area contributed by atoms with Crippen LogP contribution in [-0.4, -0.2) is 59.8 Å². The molecule has 1 saturated heterocycles. The number of carbonyl (C=O) groups is 3. The van der Waals surface area contributed by atoms with Gasteiger partial charge in [-0.15, -0.1) is 0 Å². The van der Waals surface area contributed by atoms with Gasteiger partial charge in [-0.25, -0.2) is 17.8 Å². The standard InChI is InChI=1S/C21H20ClFN2O11S/c1-10(26)34-16-9-33-20(18(36-12(3)28)17(16)35-11(2)27)25-19(29)15(23)8-24(21(25)30)37(31,32)14-6-4-13(22)5-7-14/h4-8,16-18,20H,9H2,1-3H3/t16-,17+,18-,20-/m1/s1. The molecule has 0 N–H and O–H groups in total. The van der Waals surface area contributed by atoms with Gasteiger partial charge < -0.3 is 18.9 Å². The van der Waals surface area contributed by atoms with Gasteiger partial charge in [0, 0.05) is 25.8 Å². The van der Waals surface area contributed by atoms with Gasteiger partial charge in [0.25, 0.3) is 15.6 Å². The molecular formula is C21H20ClFN2O11S. The van der Waals surface area contributed by atoms with Crippen LogP contribution in [0.5, 0.6) is 0 Å². The van der Waals surface area contributed by atoms with Crippen molar-refractivity contribution in [3.8, 4) is 0 Å². The second-order valence-electron chi connectivity index (χ2n) is 7.71. The predicted molar refractivity (Wildman–Crippen MR) is 121 cm³/mol. The Balaban J connectivity index is 2.22. The Morgan fingerprint density at radius 2 is 1.51 bits per heavy atom. The zero-order chi connectivity index (χ0) is 27.7. The summed E-state index contributed by atoms with van der Waals surface area (Å²) in [7, 11) is -4.76. The lowest BCUT2D eigenvalue weighted by Gasteiger charge is -2.40. The van der Waals surface area contributed by atoms with Crippen molar-refractivity contribution in [2.45, 2.75) is 50.2 Å². The van der Waals surface area contributed by atoms with Crippen LogP contribution in [0.3, 0.4) is 0 Å². The molecule has 0 saturated carbocycles. The third kappa shape index (κ3) is 5.89. The minimum atomic E-state index is -4.76. The lowest BCUT2D eigenvalue weighted by molar-refractivity contribution is -0.240. The van der Waals surface area contributed by atoms with Crippen molar-refractivity contribution < 1.29 is 46.1 Å². The van der Waals surface area contributed by atoms with Crippen LogP contribution in [0.2, 0.25) is 5.02 Å². The number of benzene rings is 1. The van der Waals surface area contributed by atoms with Crippen LogP contribution in [0.1, 0.15) is 27.0 Å². The van der Waals surface area contributed by atoms with Gasteiger partial charge in [-0.2, -0.15) is 8.36 Å². The molecular weight excluding hydrogens is 543 g/mol. The number of hydrogen-bond donors (Lipinski definition) is 0. The largest absolute Gasteiger partial charge is 0.456 e. The van der Waals surface area contributed by atoms with Crippen LogP contribution >= 0.6 is 11.6 Å². The average Bonchev–Trinajstić information content (AvgIpc) is 2.79. The van der Waals surface area contributed by atoms with Crippen molar-refractivity contribution in [3.63, 3.8) is 0 Å². The maximum absolute atomic E-state index is 14.7. The van der Waals surface area contributed by atoms with Gasteiger partial charge in [-0.3, -0.25) is 19.2 Å². The summed E-state index contributed by atoms with van der Waals surface area (Å²) in [5, 5.41) is 0.182. The summed E-state index contributed by atoms with van der Waals surface area (Å²) >= 11 is 5.77. The van der Waals surface area contributed by atoms with Crippen LogP contribution in [0.25, 0.3) is 0 Å². The summed E-state index contributed by atoms with van der Waals surface area (Å²) in [5.74, 6) is -4.43. The Bertz CT molecular complexity index is 1450. The molecule has 1 aromatic carbocycles. The molecule has 4 atom stereocenters. The Kier molecular flexibility index (Phi) is 8.19. The van der Waals surface area contributed by atoms with Crippen LogP contribution < -0.4 is 11.2 Å². The summed E-state index contributed by atoms with van der Waals surface area (Å²) in [6.45, 7) is 2.36. The molecule has 0 unspecified atom stereocenters. The molecule has 2 heterocycles. The van der Waals surface area contributed by atoms with Gasteiger partial charge >= 0.3 is 23.6 Å². The number of halogens is 2. The molecule has 13 nitrogen and oxygen atoms in total.